The molecule has 1 atom stereocenters. The zero-order chi connectivity index (χ0) is 15.8. The van der Waals surface area contributed by atoms with Crippen LogP contribution in [0.1, 0.15) is 49.5 Å². The highest BCUT2D eigenvalue weighted by atomic mass is 16.4. The molecule has 5 heteroatoms. The van der Waals surface area contributed by atoms with Gasteiger partial charge in [-0.15, -0.1) is 0 Å². The number of nitrogens with one attached hydrogen (secondary N) is 1. The molecule has 2 N–H and O–H groups in total. The van der Waals surface area contributed by atoms with Crippen molar-refractivity contribution < 1.29 is 14.7 Å². The predicted molar refractivity (Wildman–Crippen MR) is 81.9 cm³/mol. The van der Waals surface area contributed by atoms with Crippen LogP contribution >= 0.6 is 0 Å². The summed E-state index contributed by atoms with van der Waals surface area (Å²) < 4.78 is 0. The van der Waals surface area contributed by atoms with Crippen LogP contribution in [0.15, 0.2) is 24.5 Å². The molecule has 0 radical (unpaired) electrons. The standard InChI is InChI=1S/C16H22N2O3/c1-4-12(5-2)11(3)18-16(21)14-8-9-17-10-13(14)6-7-15(19)20/h6-12H,4-5H2,1-3H3,(H,18,21)(H,19,20). The highest BCUT2D eigenvalue weighted by molar-refractivity contribution is 5.98. The second-order valence-electron chi connectivity index (χ2n) is 4.97. The van der Waals surface area contributed by atoms with Gasteiger partial charge in [0.05, 0.1) is 0 Å². The fraction of sp³-hybridized carbons (Fsp3) is 0.438. The van der Waals surface area contributed by atoms with E-state index in [1.54, 1.807) is 6.07 Å². The first-order valence-electron chi connectivity index (χ1n) is 7.15. The van der Waals surface area contributed by atoms with Crippen molar-refractivity contribution >= 4 is 18.0 Å². The molecule has 1 unspecified atom stereocenters. The molecule has 1 aromatic heterocycles. The van der Waals surface area contributed by atoms with E-state index in [-0.39, 0.29) is 11.9 Å². The van der Waals surface area contributed by atoms with Crippen molar-refractivity contribution in [3.63, 3.8) is 0 Å². The van der Waals surface area contributed by atoms with E-state index < -0.39 is 5.97 Å². The van der Waals surface area contributed by atoms with Gasteiger partial charge in [-0.1, -0.05) is 26.7 Å². The summed E-state index contributed by atoms with van der Waals surface area (Å²) in [4.78, 5) is 26.9. The summed E-state index contributed by atoms with van der Waals surface area (Å²) in [6.45, 7) is 6.19. The Hall–Kier alpha value is -2.17. The van der Waals surface area contributed by atoms with E-state index in [0.717, 1.165) is 18.9 Å². The van der Waals surface area contributed by atoms with Crippen molar-refractivity contribution in [2.24, 2.45) is 5.92 Å². The molecule has 0 aliphatic carbocycles. The highest BCUT2D eigenvalue weighted by Gasteiger charge is 2.18. The van der Waals surface area contributed by atoms with Gasteiger partial charge in [0, 0.05) is 35.6 Å². The number of carboxylic acids is 1. The number of carboxylic acid groups (broad SMARTS) is 1. The minimum Gasteiger partial charge on any atom is -0.478 e. The molecule has 114 valence electrons. The Morgan fingerprint density at radius 2 is 2.05 bits per heavy atom. The maximum atomic E-state index is 12.3. The lowest BCUT2D eigenvalue weighted by molar-refractivity contribution is -0.131. The number of rotatable bonds is 7. The van der Waals surface area contributed by atoms with Gasteiger partial charge in [-0.3, -0.25) is 9.78 Å². The summed E-state index contributed by atoms with van der Waals surface area (Å²) in [6, 6.07) is 1.66. The smallest absolute Gasteiger partial charge is 0.328 e. The zero-order valence-corrected chi connectivity index (χ0v) is 12.7. The third-order valence-corrected chi connectivity index (χ3v) is 3.62. The van der Waals surface area contributed by atoms with E-state index in [2.05, 4.69) is 24.1 Å². The SMILES string of the molecule is CCC(CC)C(C)NC(=O)c1ccncc1C=CC(=O)O. The number of amides is 1. The van der Waals surface area contributed by atoms with Crippen LogP contribution in [-0.4, -0.2) is 28.0 Å². The third kappa shape index (κ3) is 5.02. The van der Waals surface area contributed by atoms with E-state index in [1.165, 1.54) is 18.5 Å². The number of aliphatic carboxylic acids is 1. The second-order valence-corrected chi connectivity index (χ2v) is 4.97. The number of nitrogens with zero attached hydrogens (tertiary/aromatic N) is 1. The first-order chi connectivity index (χ1) is 9.99. The molecule has 0 fully saturated rings. The number of aromatic nitrogens is 1. The van der Waals surface area contributed by atoms with Gasteiger partial charge >= 0.3 is 5.97 Å². The molecule has 1 rings (SSSR count). The Morgan fingerprint density at radius 3 is 2.62 bits per heavy atom. The molecular formula is C16H22N2O3. The molecule has 0 aromatic carbocycles. The summed E-state index contributed by atoms with van der Waals surface area (Å²) in [5.41, 5.74) is 0.925. The topological polar surface area (TPSA) is 79.3 Å². The van der Waals surface area contributed by atoms with Gasteiger partial charge < -0.3 is 10.4 Å². The minimum absolute atomic E-state index is 0.0666. The normalized spacial score (nSPS) is 12.6. The van der Waals surface area contributed by atoms with Gasteiger partial charge in [-0.25, -0.2) is 4.79 Å². The third-order valence-electron chi connectivity index (χ3n) is 3.62. The maximum absolute atomic E-state index is 12.3. The summed E-state index contributed by atoms with van der Waals surface area (Å²) in [5.74, 6) is -0.841. The average molecular weight is 290 g/mol. The van der Waals surface area contributed by atoms with E-state index in [9.17, 15) is 9.59 Å². The first kappa shape index (κ1) is 16.9. The van der Waals surface area contributed by atoms with Crippen LogP contribution in [0.3, 0.4) is 0 Å². The zero-order valence-electron chi connectivity index (χ0n) is 12.7. The molecule has 0 bridgehead atoms. The average Bonchev–Trinajstić information content (AvgIpc) is 2.46. The lowest BCUT2D eigenvalue weighted by Crippen LogP contribution is -2.38. The molecule has 0 spiro atoms. The van der Waals surface area contributed by atoms with Crippen LogP contribution in [0, 0.1) is 5.92 Å². The summed E-state index contributed by atoms with van der Waals surface area (Å²) in [7, 11) is 0. The number of hydrogen-bond donors (Lipinski definition) is 2. The molecule has 5 nitrogen and oxygen atoms in total. The summed E-state index contributed by atoms with van der Waals surface area (Å²) >= 11 is 0. The Morgan fingerprint density at radius 1 is 1.38 bits per heavy atom. The number of pyridine rings is 1. The summed E-state index contributed by atoms with van der Waals surface area (Å²) in [5, 5.41) is 11.7. The first-order valence-corrected chi connectivity index (χ1v) is 7.15. The molecule has 1 amide bonds. The monoisotopic (exact) mass is 290 g/mol. The van der Waals surface area contributed by atoms with Gasteiger partial charge in [0.25, 0.3) is 5.91 Å². The molecule has 0 aliphatic rings. The highest BCUT2D eigenvalue weighted by Crippen LogP contribution is 2.15. The maximum Gasteiger partial charge on any atom is 0.328 e. The van der Waals surface area contributed by atoms with Gasteiger partial charge in [-0.05, 0) is 25.0 Å². The van der Waals surface area contributed by atoms with Crippen molar-refractivity contribution in [3.05, 3.63) is 35.7 Å². The predicted octanol–water partition coefficient (Wildman–Crippen LogP) is 2.73. The van der Waals surface area contributed by atoms with Crippen molar-refractivity contribution in [2.75, 3.05) is 0 Å². The van der Waals surface area contributed by atoms with E-state index >= 15 is 0 Å². The van der Waals surface area contributed by atoms with Crippen molar-refractivity contribution in [3.8, 4) is 0 Å². The molecular weight excluding hydrogens is 268 g/mol. The van der Waals surface area contributed by atoms with Crippen LogP contribution in [0.5, 0.6) is 0 Å². The quantitative estimate of drug-likeness (QED) is 0.757. The Labute approximate surface area is 125 Å². The lowest BCUT2D eigenvalue weighted by atomic mass is 9.95. The van der Waals surface area contributed by atoms with E-state index in [4.69, 9.17) is 5.11 Å². The van der Waals surface area contributed by atoms with Gasteiger partial charge in [-0.2, -0.15) is 0 Å². The van der Waals surface area contributed by atoms with Crippen molar-refractivity contribution in [1.82, 2.24) is 10.3 Å². The van der Waals surface area contributed by atoms with Crippen LogP contribution in [0.2, 0.25) is 0 Å². The summed E-state index contributed by atoms with van der Waals surface area (Å²) in [6.07, 6.45) is 7.38. The van der Waals surface area contributed by atoms with Crippen LogP contribution < -0.4 is 5.32 Å². The second kappa shape index (κ2) is 8.19. The van der Waals surface area contributed by atoms with Crippen LogP contribution in [0.25, 0.3) is 6.08 Å². The Balaban J connectivity index is 2.90. The number of hydrogen-bond acceptors (Lipinski definition) is 3. The van der Waals surface area contributed by atoms with E-state index in [0.29, 0.717) is 17.0 Å². The van der Waals surface area contributed by atoms with Gasteiger partial charge in [0.1, 0.15) is 0 Å². The fourth-order valence-electron chi connectivity index (χ4n) is 2.31. The lowest BCUT2D eigenvalue weighted by Gasteiger charge is -2.22. The Kier molecular flexibility index (Phi) is 6.59. The molecule has 1 heterocycles. The van der Waals surface area contributed by atoms with Gasteiger partial charge in [0.2, 0.25) is 0 Å². The number of carbonyl (C=O) groups excluding carboxylic acids is 1. The minimum atomic E-state index is -1.06. The van der Waals surface area contributed by atoms with Crippen LogP contribution in [-0.2, 0) is 4.79 Å². The molecule has 21 heavy (non-hydrogen) atoms. The fourth-order valence-corrected chi connectivity index (χ4v) is 2.31. The number of carbonyl (C=O) groups is 2. The molecule has 0 saturated carbocycles. The van der Waals surface area contributed by atoms with Crippen LogP contribution in [0.4, 0.5) is 0 Å². The van der Waals surface area contributed by atoms with Crippen molar-refractivity contribution in [2.45, 2.75) is 39.7 Å². The molecule has 0 saturated heterocycles. The molecule has 1 aromatic rings. The Bertz CT molecular complexity index is 522. The van der Waals surface area contributed by atoms with Gasteiger partial charge in [0.15, 0.2) is 0 Å². The molecule has 0 aliphatic heterocycles. The van der Waals surface area contributed by atoms with E-state index in [1.807, 2.05) is 6.92 Å². The largest absolute Gasteiger partial charge is 0.478 e. The van der Waals surface area contributed by atoms with Crippen molar-refractivity contribution in [1.29, 1.82) is 0 Å².